The fourth-order valence-electron chi connectivity index (χ4n) is 1.59. The molecule has 2 N–H and O–H groups in total. The Morgan fingerprint density at radius 1 is 1.15 bits per heavy atom. The molecular formula is C14H18N2O4. The number of para-hydroxylation sites is 1. The predicted molar refractivity (Wildman–Crippen MR) is 74.3 cm³/mol. The van der Waals surface area contributed by atoms with E-state index in [1.165, 1.54) is 13.2 Å². The van der Waals surface area contributed by atoms with Crippen LogP contribution in [0.15, 0.2) is 24.3 Å². The van der Waals surface area contributed by atoms with Gasteiger partial charge in [0.05, 0.1) is 18.4 Å². The summed E-state index contributed by atoms with van der Waals surface area (Å²) in [6.45, 7) is 3.62. The molecule has 0 spiro atoms. The van der Waals surface area contributed by atoms with Gasteiger partial charge in [0.1, 0.15) is 6.42 Å². The smallest absolute Gasteiger partial charge is 0.339 e. The lowest BCUT2D eigenvalue weighted by molar-refractivity contribution is -0.127. The first-order valence-electron chi connectivity index (χ1n) is 6.20. The number of ether oxygens (including phenoxy) is 1. The second-order valence-electron chi connectivity index (χ2n) is 4.48. The summed E-state index contributed by atoms with van der Waals surface area (Å²) in [5, 5.41) is 5.15. The molecule has 0 saturated heterocycles. The van der Waals surface area contributed by atoms with Crippen LogP contribution < -0.4 is 10.6 Å². The minimum Gasteiger partial charge on any atom is -0.465 e. The summed E-state index contributed by atoms with van der Waals surface area (Å²) in [7, 11) is 1.26. The molecule has 6 heteroatoms. The first-order valence-corrected chi connectivity index (χ1v) is 6.20. The standard InChI is InChI=1S/C14H18N2O4/c1-9(2)15-12(17)8-13(18)16-11-7-5-4-6-10(11)14(19)20-3/h4-7,9H,8H2,1-3H3,(H,15,17)(H,16,18). The van der Waals surface area contributed by atoms with E-state index < -0.39 is 11.9 Å². The molecule has 1 rings (SSSR count). The number of esters is 1. The Balaban J connectivity index is 2.71. The molecule has 0 bridgehead atoms. The van der Waals surface area contributed by atoms with Crippen LogP contribution in [0.25, 0.3) is 0 Å². The van der Waals surface area contributed by atoms with Gasteiger partial charge in [-0.3, -0.25) is 9.59 Å². The Morgan fingerprint density at radius 3 is 2.40 bits per heavy atom. The van der Waals surface area contributed by atoms with Crippen molar-refractivity contribution < 1.29 is 19.1 Å². The number of nitrogens with one attached hydrogen (secondary N) is 2. The number of carbonyl (C=O) groups excluding carboxylic acids is 3. The van der Waals surface area contributed by atoms with Crippen LogP contribution >= 0.6 is 0 Å². The zero-order valence-corrected chi connectivity index (χ0v) is 11.7. The van der Waals surface area contributed by atoms with E-state index in [0.29, 0.717) is 5.69 Å². The van der Waals surface area contributed by atoms with Gasteiger partial charge in [-0.15, -0.1) is 0 Å². The number of rotatable bonds is 5. The van der Waals surface area contributed by atoms with Gasteiger partial charge >= 0.3 is 5.97 Å². The molecule has 1 aromatic carbocycles. The van der Waals surface area contributed by atoms with Crippen LogP contribution in [0, 0.1) is 0 Å². The van der Waals surface area contributed by atoms with Gasteiger partial charge in [0.15, 0.2) is 0 Å². The fourth-order valence-corrected chi connectivity index (χ4v) is 1.59. The third kappa shape index (κ3) is 4.72. The predicted octanol–water partition coefficient (Wildman–Crippen LogP) is 1.33. The number of amides is 2. The lowest BCUT2D eigenvalue weighted by Crippen LogP contribution is -2.33. The molecule has 6 nitrogen and oxygen atoms in total. The molecule has 0 aliphatic heterocycles. The average molecular weight is 278 g/mol. The number of hydrogen-bond acceptors (Lipinski definition) is 4. The number of benzene rings is 1. The van der Waals surface area contributed by atoms with Crippen molar-refractivity contribution in [3.63, 3.8) is 0 Å². The van der Waals surface area contributed by atoms with E-state index in [1.54, 1.807) is 18.2 Å². The van der Waals surface area contributed by atoms with Gasteiger partial charge in [-0.05, 0) is 26.0 Å². The summed E-state index contributed by atoms with van der Waals surface area (Å²) < 4.78 is 4.62. The van der Waals surface area contributed by atoms with Crippen LogP contribution in [-0.2, 0) is 14.3 Å². The summed E-state index contributed by atoms with van der Waals surface area (Å²) >= 11 is 0. The Bertz CT molecular complexity index is 512. The molecule has 108 valence electrons. The Kier molecular flexibility index (Phi) is 5.71. The van der Waals surface area contributed by atoms with Gasteiger partial charge < -0.3 is 15.4 Å². The van der Waals surface area contributed by atoms with Crippen molar-refractivity contribution in [2.24, 2.45) is 0 Å². The Labute approximate surface area is 117 Å². The van der Waals surface area contributed by atoms with Gasteiger partial charge in [0.2, 0.25) is 11.8 Å². The second kappa shape index (κ2) is 7.28. The van der Waals surface area contributed by atoms with Crippen molar-refractivity contribution in [1.29, 1.82) is 0 Å². The Morgan fingerprint density at radius 2 is 1.80 bits per heavy atom. The zero-order chi connectivity index (χ0) is 15.1. The molecule has 0 saturated carbocycles. The van der Waals surface area contributed by atoms with Crippen molar-refractivity contribution in [3.8, 4) is 0 Å². The van der Waals surface area contributed by atoms with Crippen LogP contribution in [0.4, 0.5) is 5.69 Å². The van der Waals surface area contributed by atoms with E-state index >= 15 is 0 Å². The second-order valence-corrected chi connectivity index (χ2v) is 4.48. The van der Waals surface area contributed by atoms with Crippen molar-refractivity contribution in [3.05, 3.63) is 29.8 Å². The lowest BCUT2D eigenvalue weighted by atomic mass is 10.1. The van der Waals surface area contributed by atoms with Gasteiger partial charge in [-0.2, -0.15) is 0 Å². The van der Waals surface area contributed by atoms with Crippen LogP contribution in [-0.4, -0.2) is 30.9 Å². The third-order valence-corrected chi connectivity index (χ3v) is 2.38. The number of hydrogen-bond donors (Lipinski definition) is 2. The normalized spacial score (nSPS) is 10.0. The Hall–Kier alpha value is -2.37. The monoisotopic (exact) mass is 278 g/mol. The van der Waals surface area contributed by atoms with Crippen molar-refractivity contribution >= 4 is 23.5 Å². The van der Waals surface area contributed by atoms with E-state index in [4.69, 9.17) is 0 Å². The molecule has 0 aliphatic carbocycles. The maximum absolute atomic E-state index is 11.7. The SMILES string of the molecule is COC(=O)c1ccccc1NC(=O)CC(=O)NC(C)C. The van der Waals surface area contributed by atoms with Gasteiger partial charge in [0.25, 0.3) is 0 Å². The van der Waals surface area contributed by atoms with Crippen LogP contribution in [0.3, 0.4) is 0 Å². The number of carbonyl (C=O) groups is 3. The highest BCUT2D eigenvalue weighted by Gasteiger charge is 2.15. The first kappa shape index (κ1) is 15.7. The fraction of sp³-hybridized carbons (Fsp3) is 0.357. The average Bonchev–Trinajstić information content (AvgIpc) is 2.37. The summed E-state index contributed by atoms with van der Waals surface area (Å²) in [6, 6.07) is 6.42. The first-order chi connectivity index (χ1) is 9.43. The van der Waals surface area contributed by atoms with Crippen LogP contribution in [0.5, 0.6) is 0 Å². The minimum absolute atomic E-state index is 0.0299. The molecule has 0 fully saturated rings. The molecule has 0 aromatic heterocycles. The molecule has 0 atom stereocenters. The minimum atomic E-state index is -0.549. The lowest BCUT2D eigenvalue weighted by Gasteiger charge is -2.10. The quantitative estimate of drug-likeness (QED) is 0.628. The molecule has 20 heavy (non-hydrogen) atoms. The van der Waals surface area contributed by atoms with Crippen molar-refractivity contribution in [2.75, 3.05) is 12.4 Å². The molecule has 0 unspecified atom stereocenters. The van der Waals surface area contributed by atoms with Gasteiger partial charge in [0, 0.05) is 6.04 Å². The summed E-state index contributed by atoms with van der Waals surface area (Å²) in [4.78, 5) is 34.7. The summed E-state index contributed by atoms with van der Waals surface area (Å²) in [5.41, 5.74) is 0.564. The summed E-state index contributed by atoms with van der Waals surface area (Å²) in [6.07, 6.45) is -0.298. The molecule has 0 heterocycles. The summed E-state index contributed by atoms with van der Waals surface area (Å²) in [5.74, 6) is -1.40. The molecule has 0 radical (unpaired) electrons. The van der Waals surface area contributed by atoms with Gasteiger partial charge in [-0.25, -0.2) is 4.79 Å². The molecule has 2 amide bonds. The molecule has 1 aromatic rings. The van der Waals surface area contributed by atoms with E-state index in [9.17, 15) is 14.4 Å². The highest BCUT2D eigenvalue weighted by molar-refractivity contribution is 6.06. The largest absolute Gasteiger partial charge is 0.465 e. The third-order valence-electron chi connectivity index (χ3n) is 2.38. The van der Waals surface area contributed by atoms with E-state index in [0.717, 1.165) is 0 Å². The molecular weight excluding hydrogens is 260 g/mol. The van der Waals surface area contributed by atoms with E-state index in [2.05, 4.69) is 15.4 Å². The van der Waals surface area contributed by atoms with Crippen LogP contribution in [0.1, 0.15) is 30.6 Å². The zero-order valence-electron chi connectivity index (χ0n) is 11.7. The molecule has 0 aliphatic rings. The van der Waals surface area contributed by atoms with Crippen molar-refractivity contribution in [1.82, 2.24) is 5.32 Å². The highest BCUT2D eigenvalue weighted by atomic mass is 16.5. The van der Waals surface area contributed by atoms with E-state index in [1.807, 2.05) is 13.8 Å². The maximum Gasteiger partial charge on any atom is 0.339 e. The maximum atomic E-state index is 11.7. The van der Waals surface area contributed by atoms with Crippen LogP contribution in [0.2, 0.25) is 0 Å². The number of anilines is 1. The highest BCUT2D eigenvalue weighted by Crippen LogP contribution is 2.16. The number of methoxy groups -OCH3 is 1. The topological polar surface area (TPSA) is 84.5 Å². The van der Waals surface area contributed by atoms with E-state index in [-0.39, 0.29) is 23.9 Å². The van der Waals surface area contributed by atoms with Gasteiger partial charge in [-0.1, -0.05) is 12.1 Å². The van der Waals surface area contributed by atoms with Crippen molar-refractivity contribution in [2.45, 2.75) is 26.3 Å².